The quantitative estimate of drug-likeness (QED) is 0.404. The molecule has 3 rings (SSSR count). The van der Waals surface area contributed by atoms with Gasteiger partial charge in [-0.3, -0.25) is 4.79 Å². The number of carbonyl (C=O) groups is 1. The predicted molar refractivity (Wildman–Crippen MR) is 116 cm³/mol. The monoisotopic (exact) mass is 433 g/mol. The molecule has 0 aromatic heterocycles. The fraction of sp³-hybridized carbons (Fsp3) is 0.136. The average Bonchev–Trinajstić information content (AvgIpc) is 2.70. The molecule has 0 amide bonds. The van der Waals surface area contributed by atoms with E-state index in [-0.39, 0.29) is 18.2 Å². The van der Waals surface area contributed by atoms with Gasteiger partial charge in [0, 0.05) is 22.7 Å². The number of hydrogen-bond donors (Lipinski definition) is 1. The summed E-state index contributed by atoms with van der Waals surface area (Å²) in [5.41, 5.74) is 2.33. The second kappa shape index (κ2) is 9.33. The molecule has 144 valence electrons. The zero-order valence-electron chi connectivity index (χ0n) is 15.1. The predicted octanol–water partition coefficient (Wildman–Crippen LogP) is 7.08. The zero-order valence-corrected chi connectivity index (χ0v) is 17.4. The highest BCUT2D eigenvalue weighted by Gasteiger charge is 2.18. The van der Waals surface area contributed by atoms with E-state index in [1.165, 1.54) is 0 Å². The Hall–Kier alpha value is -2.20. The van der Waals surface area contributed by atoms with E-state index in [1.54, 1.807) is 43.5 Å². The Morgan fingerprint density at radius 2 is 1.61 bits per heavy atom. The molecule has 3 nitrogen and oxygen atoms in total. The molecule has 0 aliphatic rings. The minimum atomic E-state index is -0.286. The molecule has 1 unspecified atom stereocenters. The third kappa shape index (κ3) is 5.20. The molecule has 0 heterocycles. The van der Waals surface area contributed by atoms with Gasteiger partial charge in [0.2, 0.25) is 0 Å². The Kier molecular flexibility index (Phi) is 6.84. The van der Waals surface area contributed by atoms with Crippen molar-refractivity contribution < 1.29 is 9.53 Å². The summed E-state index contributed by atoms with van der Waals surface area (Å²) >= 11 is 18.2. The molecule has 0 spiro atoms. The van der Waals surface area contributed by atoms with Crippen LogP contribution in [0.5, 0.6) is 5.75 Å². The molecule has 0 saturated carbocycles. The third-order valence-electron chi connectivity index (χ3n) is 4.33. The molecule has 3 aromatic rings. The first-order chi connectivity index (χ1) is 13.5. The number of nitrogens with one attached hydrogen (secondary N) is 1. The first kappa shape index (κ1) is 20.5. The number of methoxy groups -OCH3 is 1. The smallest absolute Gasteiger partial charge is 0.165 e. The first-order valence-corrected chi connectivity index (χ1v) is 9.74. The van der Waals surface area contributed by atoms with Gasteiger partial charge in [0.05, 0.1) is 23.2 Å². The Balaban J connectivity index is 1.87. The van der Waals surface area contributed by atoms with Gasteiger partial charge in [0.15, 0.2) is 5.78 Å². The van der Waals surface area contributed by atoms with E-state index < -0.39 is 0 Å². The second-order valence-electron chi connectivity index (χ2n) is 6.23. The number of hydrogen-bond acceptors (Lipinski definition) is 3. The van der Waals surface area contributed by atoms with Gasteiger partial charge in [0.1, 0.15) is 5.75 Å². The molecular weight excluding hydrogens is 417 g/mol. The summed E-state index contributed by atoms with van der Waals surface area (Å²) in [6.07, 6.45) is 0.242. The summed E-state index contributed by atoms with van der Waals surface area (Å²) in [4.78, 5) is 12.8. The average molecular weight is 435 g/mol. The summed E-state index contributed by atoms with van der Waals surface area (Å²) in [5.74, 6) is 0.752. The van der Waals surface area contributed by atoms with Gasteiger partial charge in [-0.05, 0) is 66.2 Å². The minimum absolute atomic E-state index is 0.00579. The summed E-state index contributed by atoms with van der Waals surface area (Å²) in [6, 6.07) is 19.5. The number of benzene rings is 3. The number of halogens is 3. The maximum absolute atomic E-state index is 12.8. The number of anilines is 1. The highest BCUT2D eigenvalue weighted by Crippen LogP contribution is 2.30. The lowest BCUT2D eigenvalue weighted by Gasteiger charge is -2.21. The summed E-state index contributed by atoms with van der Waals surface area (Å²) < 4.78 is 5.19. The number of Topliss-reactive ketones (excluding diaryl/α,β-unsaturated/α-hetero) is 1. The van der Waals surface area contributed by atoms with Crippen molar-refractivity contribution in [3.63, 3.8) is 0 Å². The van der Waals surface area contributed by atoms with Crippen LogP contribution in [-0.2, 0) is 0 Å². The van der Waals surface area contributed by atoms with Crippen LogP contribution in [0, 0.1) is 0 Å². The normalized spacial score (nSPS) is 11.7. The molecule has 0 aliphatic carbocycles. The molecule has 1 atom stereocenters. The molecular formula is C22H18Cl3NO2. The fourth-order valence-corrected chi connectivity index (χ4v) is 3.24. The standard InChI is InChI=1S/C22H18Cl3NO2/c1-28-18-9-7-17(8-10-18)26-21(15-4-11-19(24)20(25)12-15)13-22(27)14-2-5-16(23)6-3-14/h2-12,21,26H,13H2,1H3. The third-order valence-corrected chi connectivity index (χ3v) is 5.32. The SMILES string of the molecule is COc1ccc(NC(CC(=O)c2ccc(Cl)cc2)c2ccc(Cl)c(Cl)c2)cc1. The largest absolute Gasteiger partial charge is 0.497 e. The Morgan fingerprint density at radius 1 is 0.929 bits per heavy atom. The van der Waals surface area contributed by atoms with Gasteiger partial charge in [-0.1, -0.05) is 40.9 Å². The van der Waals surface area contributed by atoms with Crippen LogP contribution in [0.1, 0.15) is 28.4 Å². The van der Waals surface area contributed by atoms with Crippen molar-refractivity contribution in [1.82, 2.24) is 0 Å². The van der Waals surface area contributed by atoms with Gasteiger partial charge in [-0.2, -0.15) is 0 Å². The highest BCUT2D eigenvalue weighted by molar-refractivity contribution is 6.42. The number of carbonyl (C=O) groups excluding carboxylic acids is 1. The summed E-state index contributed by atoms with van der Waals surface area (Å²) in [6.45, 7) is 0. The lowest BCUT2D eigenvalue weighted by Crippen LogP contribution is -2.16. The van der Waals surface area contributed by atoms with Gasteiger partial charge >= 0.3 is 0 Å². The van der Waals surface area contributed by atoms with Crippen LogP contribution in [0.4, 0.5) is 5.69 Å². The molecule has 0 bridgehead atoms. The van der Waals surface area contributed by atoms with Crippen molar-refractivity contribution in [2.24, 2.45) is 0 Å². The maximum atomic E-state index is 12.8. The molecule has 0 saturated heterocycles. The Bertz CT molecular complexity index is 957. The number of rotatable bonds is 7. The molecule has 0 aliphatic heterocycles. The van der Waals surface area contributed by atoms with Crippen LogP contribution in [0.3, 0.4) is 0 Å². The van der Waals surface area contributed by atoms with Crippen molar-refractivity contribution in [3.05, 3.63) is 92.9 Å². The van der Waals surface area contributed by atoms with Crippen LogP contribution in [0.15, 0.2) is 66.7 Å². The Morgan fingerprint density at radius 3 is 2.21 bits per heavy atom. The Labute approximate surface area is 179 Å². The van der Waals surface area contributed by atoms with Gasteiger partial charge in [0.25, 0.3) is 0 Å². The van der Waals surface area contributed by atoms with E-state index in [1.807, 2.05) is 30.3 Å². The fourth-order valence-electron chi connectivity index (χ4n) is 2.81. The molecule has 3 aromatic carbocycles. The van der Waals surface area contributed by atoms with E-state index in [4.69, 9.17) is 39.5 Å². The lowest BCUT2D eigenvalue weighted by molar-refractivity contribution is 0.0976. The zero-order chi connectivity index (χ0) is 20.1. The van der Waals surface area contributed by atoms with Crippen molar-refractivity contribution >= 4 is 46.3 Å². The van der Waals surface area contributed by atoms with E-state index in [0.29, 0.717) is 20.6 Å². The van der Waals surface area contributed by atoms with Crippen molar-refractivity contribution in [2.75, 3.05) is 12.4 Å². The van der Waals surface area contributed by atoms with Gasteiger partial charge < -0.3 is 10.1 Å². The van der Waals surface area contributed by atoms with E-state index in [0.717, 1.165) is 17.0 Å². The number of ketones is 1. The molecule has 0 radical (unpaired) electrons. The molecule has 1 N–H and O–H groups in total. The van der Waals surface area contributed by atoms with E-state index in [9.17, 15) is 4.79 Å². The van der Waals surface area contributed by atoms with Crippen LogP contribution < -0.4 is 10.1 Å². The maximum Gasteiger partial charge on any atom is 0.165 e. The van der Waals surface area contributed by atoms with Crippen LogP contribution in [-0.4, -0.2) is 12.9 Å². The van der Waals surface area contributed by atoms with Crippen molar-refractivity contribution in [2.45, 2.75) is 12.5 Å². The van der Waals surface area contributed by atoms with Crippen molar-refractivity contribution in [1.29, 1.82) is 0 Å². The van der Waals surface area contributed by atoms with Crippen LogP contribution in [0.2, 0.25) is 15.1 Å². The topological polar surface area (TPSA) is 38.3 Å². The number of ether oxygens (including phenoxy) is 1. The molecule has 28 heavy (non-hydrogen) atoms. The lowest BCUT2D eigenvalue weighted by atomic mass is 9.97. The highest BCUT2D eigenvalue weighted by atomic mass is 35.5. The van der Waals surface area contributed by atoms with Crippen LogP contribution in [0.25, 0.3) is 0 Å². The first-order valence-electron chi connectivity index (χ1n) is 8.60. The molecule has 6 heteroatoms. The second-order valence-corrected chi connectivity index (χ2v) is 7.48. The minimum Gasteiger partial charge on any atom is -0.497 e. The van der Waals surface area contributed by atoms with Gasteiger partial charge in [-0.15, -0.1) is 0 Å². The summed E-state index contributed by atoms with van der Waals surface area (Å²) in [7, 11) is 1.62. The molecule has 0 fully saturated rings. The summed E-state index contributed by atoms with van der Waals surface area (Å²) in [5, 5.41) is 4.91. The van der Waals surface area contributed by atoms with Crippen LogP contribution >= 0.6 is 34.8 Å². The van der Waals surface area contributed by atoms with Crippen molar-refractivity contribution in [3.8, 4) is 5.75 Å². The van der Waals surface area contributed by atoms with Gasteiger partial charge in [-0.25, -0.2) is 0 Å². The van der Waals surface area contributed by atoms with E-state index in [2.05, 4.69) is 5.32 Å². The van der Waals surface area contributed by atoms with E-state index >= 15 is 0 Å².